The largest absolute Gasteiger partial charge is 0.573 e. The lowest BCUT2D eigenvalue weighted by Crippen LogP contribution is -2.37. The van der Waals surface area contributed by atoms with Crippen LogP contribution >= 0.6 is 0 Å². The van der Waals surface area contributed by atoms with E-state index in [1.54, 1.807) is 13.0 Å². The Balaban J connectivity index is 2.01. The fraction of sp³-hybridized carbons (Fsp3) is 0.500. The Morgan fingerprint density at radius 2 is 1.89 bits per heavy atom. The number of aromatic nitrogens is 1. The number of esters is 1. The number of benzene rings is 1. The molecule has 11 heteroatoms. The highest BCUT2D eigenvalue weighted by atomic mass is 19.4. The topological polar surface area (TPSA) is 96.0 Å². The number of alkyl halides is 3. The van der Waals surface area contributed by atoms with Crippen LogP contribution < -0.4 is 10.5 Å². The van der Waals surface area contributed by atoms with E-state index in [-0.39, 0.29) is 18.4 Å². The van der Waals surface area contributed by atoms with Crippen LogP contribution in [0.15, 0.2) is 24.3 Å². The Kier molecular flexibility index (Phi) is 8.79. The van der Waals surface area contributed by atoms with Crippen molar-refractivity contribution in [3.8, 4) is 16.9 Å². The first-order valence-electron chi connectivity index (χ1n) is 11.4. The van der Waals surface area contributed by atoms with Gasteiger partial charge in [0.1, 0.15) is 5.75 Å². The Bertz CT molecular complexity index is 1050. The summed E-state index contributed by atoms with van der Waals surface area (Å²) >= 11 is 0. The lowest BCUT2D eigenvalue weighted by Gasteiger charge is -2.26. The molecule has 1 aromatic heterocycles. The van der Waals surface area contributed by atoms with Crippen molar-refractivity contribution in [1.29, 1.82) is 0 Å². The fourth-order valence-corrected chi connectivity index (χ4v) is 4.42. The summed E-state index contributed by atoms with van der Waals surface area (Å²) in [5.74, 6) is -1.56. The van der Waals surface area contributed by atoms with Crippen LogP contribution in [-0.4, -0.2) is 67.7 Å². The zero-order valence-corrected chi connectivity index (χ0v) is 19.8. The summed E-state index contributed by atoms with van der Waals surface area (Å²) in [6.07, 6.45) is -3.85. The number of nitrogens with zero attached hydrogens (tertiary/aromatic N) is 2. The summed E-state index contributed by atoms with van der Waals surface area (Å²) in [6.45, 7) is 6.13. The molecule has 0 radical (unpaired) electrons. The van der Waals surface area contributed by atoms with Crippen LogP contribution in [-0.2, 0) is 27.2 Å². The Morgan fingerprint density at radius 3 is 2.51 bits per heavy atom. The number of ether oxygens (including phenoxy) is 3. The van der Waals surface area contributed by atoms with Gasteiger partial charge in [-0.15, -0.1) is 13.2 Å². The van der Waals surface area contributed by atoms with E-state index in [1.807, 2.05) is 4.57 Å². The average molecular weight is 498 g/mol. The van der Waals surface area contributed by atoms with Gasteiger partial charge < -0.3 is 24.5 Å². The normalized spacial score (nSPS) is 14.7. The van der Waals surface area contributed by atoms with Crippen LogP contribution in [0.5, 0.6) is 5.75 Å². The number of hydrogen-bond donors (Lipinski definition) is 1. The van der Waals surface area contributed by atoms with E-state index in [4.69, 9.17) is 15.2 Å². The van der Waals surface area contributed by atoms with Crippen LogP contribution in [0.3, 0.4) is 0 Å². The third-order valence-corrected chi connectivity index (χ3v) is 5.99. The standard InChI is InChI=1S/C24H30F3N3O5/c1-16-21(23(28)32)22(17-5-3-6-18(15-17)35-24(25,26)27)19(7-8-20(31)33-2)30(16)10-4-9-29-11-13-34-14-12-29/h3,5-6,15H,4,7-14H2,1-2H3,(H2,28,32). The van der Waals surface area contributed by atoms with Gasteiger partial charge in [0.2, 0.25) is 0 Å². The first kappa shape index (κ1) is 26.6. The van der Waals surface area contributed by atoms with Gasteiger partial charge in [0.15, 0.2) is 0 Å². The van der Waals surface area contributed by atoms with E-state index in [0.717, 1.165) is 26.1 Å². The van der Waals surface area contributed by atoms with Gasteiger partial charge >= 0.3 is 12.3 Å². The van der Waals surface area contributed by atoms with Crippen molar-refractivity contribution in [2.75, 3.05) is 40.0 Å². The third kappa shape index (κ3) is 6.98. The molecule has 0 aliphatic carbocycles. The van der Waals surface area contributed by atoms with Gasteiger partial charge in [-0.3, -0.25) is 14.5 Å². The van der Waals surface area contributed by atoms with Crippen molar-refractivity contribution >= 4 is 11.9 Å². The predicted molar refractivity (Wildman–Crippen MR) is 122 cm³/mol. The molecule has 0 saturated carbocycles. The molecule has 1 aromatic carbocycles. The maximum absolute atomic E-state index is 12.8. The molecule has 0 unspecified atom stereocenters. The maximum atomic E-state index is 12.8. The molecule has 0 spiro atoms. The second-order valence-corrected chi connectivity index (χ2v) is 8.26. The van der Waals surface area contributed by atoms with Crippen LogP contribution in [0.25, 0.3) is 11.1 Å². The van der Waals surface area contributed by atoms with Crippen molar-refractivity contribution in [2.45, 2.75) is 39.1 Å². The molecular weight excluding hydrogens is 467 g/mol. The summed E-state index contributed by atoms with van der Waals surface area (Å²) in [7, 11) is 1.28. The van der Waals surface area contributed by atoms with Gasteiger partial charge in [0.25, 0.3) is 5.91 Å². The molecule has 1 aliphatic rings. The number of rotatable bonds is 10. The minimum absolute atomic E-state index is 0.0351. The number of amides is 1. The van der Waals surface area contributed by atoms with E-state index < -0.39 is 24.0 Å². The Labute approximate surface area is 201 Å². The molecule has 0 bridgehead atoms. The lowest BCUT2D eigenvalue weighted by atomic mass is 9.97. The zero-order chi connectivity index (χ0) is 25.6. The van der Waals surface area contributed by atoms with Crippen LogP contribution in [0.1, 0.15) is 34.6 Å². The van der Waals surface area contributed by atoms with Crippen LogP contribution in [0.4, 0.5) is 13.2 Å². The van der Waals surface area contributed by atoms with Gasteiger partial charge in [-0.2, -0.15) is 0 Å². The van der Waals surface area contributed by atoms with Gasteiger partial charge in [0, 0.05) is 43.1 Å². The van der Waals surface area contributed by atoms with Crippen molar-refractivity contribution in [3.05, 3.63) is 41.2 Å². The number of hydrogen-bond acceptors (Lipinski definition) is 6. The Hall–Kier alpha value is -3.05. The van der Waals surface area contributed by atoms with Crippen molar-refractivity contribution in [1.82, 2.24) is 9.47 Å². The number of carbonyl (C=O) groups excluding carboxylic acids is 2. The molecule has 3 rings (SSSR count). The summed E-state index contributed by atoms with van der Waals surface area (Å²) < 4.78 is 54.6. The van der Waals surface area contributed by atoms with Crippen molar-refractivity contribution in [2.24, 2.45) is 5.73 Å². The summed E-state index contributed by atoms with van der Waals surface area (Å²) in [6, 6.07) is 5.40. The number of primary amides is 1. The average Bonchev–Trinajstić information content (AvgIpc) is 3.08. The van der Waals surface area contributed by atoms with Crippen LogP contribution in [0.2, 0.25) is 0 Å². The van der Waals surface area contributed by atoms with Gasteiger partial charge in [-0.05, 0) is 37.5 Å². The van der Waals surface area contributed by atoms with E-state index in [9.17, 15) is 22.8 Å². The minimum Gasteiger partial charge on any atom is -0.469 e. The van der Waals surface area contributed by atoms with Gasteiger partial charge in [0.05, 0.1) is 32.3 Å². The van der Waals surface area contributed by atoms with Crippen molar-refractivity contribution < 1.29 is 37.0 Å². The molecule has 8 nitrogen and oxygen atoms in total. The van der Waals surface area contributed by atoms with E-state index in [0.29, 0.717) is 42.3 Å². The summed E-state index contributed by atoms with van der Waals surface area (Å²) in [5.41, 5.74) is 7.90. The molecule has 1 saturated heterocycles. The number of methoxy groups -OCH3 is 1. The number of carbonyl (C=O) groups is 2. The van der Waals surface area contributed by atoms with E-state index >= 15 is 0 Å². The SMILES string of the molecule is COC(=O)CCc1c(-c2cccc(OC(F)(F)F)c2)c(C(N)=O)c(C)n1CCCN1CCOCC1. The van der Waals surface area contributed by atoms with Crippen LogP contribution in [0, 0.1) is 6.92 Å². The highest BCUT2D eigenvalue weighted by Crippen LogP contribution is 2.36. The first-order chi connectivity index (χ1) is 16.6. The molecule has 192 valence electrons. The molecule has 1 amide bonds. The molecule has 0 atom stereocenters. The lowest BCUT2D eigenvalue weighted by molar-refractivity contribution is -0.274. The fourth-order valence-electron chi connectivity index (χ4n) is 4.42. The minimum atomic E-state index is -4.86. The van der Waals surface area contributed by atoms with E-state index in [2.05, 4.69) is 9.64 Å². The first-order valence-corrected chi connectivity index (χ1v) is 11.4. The zero-order valence-electron chi connectivity index (χ0n) is 19.8. The molecule has 1 aliphatic heterocycles. The van der Waals surface area contributed by atoms with Crippen molar-refractivity contribution in [3.63, 3.8) is 0 Å². The monoisotopic (exact) mass is 497 g/mol. The number of morpholine rings is 1. The second-order valence-electron chi connectivity index (χ2n) is 8.26. The molecule has 2 aromatic rings. The highest BCUT2D eigenvalue weighted by Gasteiger charge is 2.32. The quantitative estimate of drug-likeness (QED) is 0.506. The van der Waals surface area contributed by atoms with Gasteiger partial charge in [-0.1, -0.05) is 12.1 Å². The molecule has 2 heterocycles. The maximum Gasteiger partial charge on any atom is 0.573 e. The second kappa shape index (κ2) is 11.6. The number of nitrogens with two attached hydrogens (primary N) is 1. The van der Waals surface area contributed by atoms with Gasteiger partial charge in [-0.25, -0.2) is 0 Å². The Morgan fingerprint density at radius 1 is 1.17 bits per heavy atom. The van der Waals surface area contributed by atoms with E-state index in [1.165, 1.54) is 25.3 Å². The molecule has 1 fully saturated rings. The summed E-state index contributed by atoms with van der Waals surface area (Å²) in [4.78, 5) is 26.7. The molecule has 35 heavy (non-hydrogen) atoms. The molecular formula is C24H30F3N3O5. The number of halogens is 3. The predicted octanol–water partition coefficient (Wildman–Crippen LogP) is 3.29. The molecule has 2 N–H and O–H groups in total. The smallest absolute Gasteiger partial charge is 0.469 e. The third-order valence-electron chi connectivity index (χ3n) is 5.99. The summed E-state index contributed by atoms with van der Waals surface area (Å²) in [5, 5.41) is 0. The highest BCUT2D eigenvalue weighted by molar-refractivity contribution is 6.02.